The van der Waals surface area contributed by atoms with Gasteiger partial charge in [-0.15, -0.1) is 0 Å². The number of carbonyl (C=O) groups is 1. The van der Waals surface area contributed by atoms with Gasteiger partial charge in [0, 0.05) is 62.1 Å². The number of para-hydroxylation sites is 1. The number of benzene rings is 2. The average molecular weight is 363 g/mol. The molecule has 0 aliphatic carbocycles. The van der Waals surface area contributed by atoms with Gasteiger partial charge < -0.3 is 19.1 Å². The molecule has 1 aromatic heterocycles. The lowest BCUT2D eigenvalue weighted by Gasteiger charge is -2.36. The lowest BCUT2D eigenvalue weighted by molar-refractivity contribution is -0.130. The summed E-state index contributed by atoms with van der Waals surface area (Å²) in [5.74, 6) is 1.07. The van der Waals surface area contributed by atoms with Crippen LogP contribution in [0.4, 0.5) is 5.69 Å². The van der Waals surface area contributed by atoms with Crippen molar-refractivity contribution < 1.29 is 9.53 Å². The monoisotopic (exact) mass is 363 g/mol. The molecular formula is C22H25N3O2. The van der Waals surface area contributed by atoms with E-state index in [1.54, 1.807) is 7.11 Å². The Morgan fingerprint density at radius 3 is 2.59 bits per heavy atom. The largest absolute Gasteiger partial charge is 0.497 e. The Bertz CT molecular complexity index is 955. The predicted octanol–water partition coefficient (Wildman–Crippen LogP) is 3.08. The molecule has 1 saturated heterocycles. The predicted molar refractivity (Wildman–Crippen MR) is 108 cm³/mol. The Balaban J connectivity index is 1.41. The quantitative estimate of drug-likeness (QED) is 0.715. The summed E-state index contributed by atoms with van der Waals surface area (Å²) in [7, 11) is 3.71. The molecule has 1 fully saturated rings. The van der Waals surface area contributed by atoms with Crippen LogP contribution in [-0.4, -0.2) is 48.7 Å². The summed E-state index contributed by atoms with van der Waals surface area (Å²) in [6, 6.07) is 16.4. The van der Waals surface area contributed by atoms with E-state index in [0.717, 1.165) is 43.2 Å². The van der Waals surface area contributed by atoms with Crippen LogP contribution < -0.4 is 9.64 Å². The highest BCUT2D eigenvalue weighted by molar-refractivity contribution is 5.89. The maximum atomic E-state index is 12.8. The zero-order chi connectivity index (χ0) is 18.8. The number of hydrogen-bond donors (Lipinski definition) is 0. The fourth-order valence-electron chi connectivity index (χ4n) is 3.86. The zero-order valence-electron chi connectivity index (χ0n) is 15.9. The van der Waals surface area contributed by atoms with Crippen molar-refractivity contribution in [3.05, 3.63) is 60.3 Å². The van der Waals surface area contributed by atoms with Gasteiger partial charge in [-0.3, -0.25) is 4.79 Å². The first kappa shape index (κ1) is 17.5. The second-order valence-corrected chi connectivity index (χ2v) is 7.03. The van der Waals surface area contributed by atoms with E-state index in [4.69, 9.17) is 4.74 Å². The Morgan fingerprint density at radius 2 is 1.81 bits per heavy atom. The van der Waals surface area contributed by atoms with Crippen molar-refractivity contribution in [3.8, 4) is 5.75 Å². The first-order valence-electron chi connectivity index (χ1n) is 9.35. The summed E-state index contributed by atoms with van der Waals surface area (Å²) in [5, 5.41) is 1.17. The van der Waals surface area contributed by atoms with Crippen LogP contribution in [0.2, 0.25) is 0 Å². The molecule has 0 unspecified atom stereocenters. The van der Waals surface area contributed by atoms with Gasteiger partial charge in [0.25, 0.3) is 0 Å². The van der Waals surface area contributed by atoms with Crippen LogP contribution in [0.5, 0.6) is 5.75 Å². The third kappa shape index (κ3) is 3.50. The number of nitrogens with zero attached hydrogens (tertiary/aromatic N) is 3. The molecular weight excluding hydrogens is 338 g/mol. The van der Waals surface area contributed by atoms with Gasteiger partial charge >= 0.3 is 0 Å². The van der Waals surface area contributed by atoms with E-state index in [1.807, 2.05) is 42.3 Å². The Kier molecular flexibility index (Phi) is 4.75. The molecule has 4 rings (SSSR count). The van der Waals surface area contributed by atoms with E-state index < -0.39 is 0 Å². The molecule has 0 atom stereocenters. The molecule has 5 nitrogen and oxygen atoms in total. The number of carbonyl (C=O) groups excluding carboxylic acids is 1. The van der Waals surface area contributed by atoms with Crippen LogP contribution in [0.1, 0.15) is 5.56 Å². The van der Waals surface area contributed by atoms with Crippen LogP contribution in [0.15, 0.2) is 54.7 Å². The molecule has 3 aromatic rings. The highest BCUT2D eigenvalue weighted by atomic mass is 16.5. The molecule has 1 amide bonds. The fraction of sp³-hybridized carbons (Fsp3) is 0.318. The van der Waals surface area contributed by atoms with Crippen molar-refractivity contribution in [2.24, 2.45) is 7.05 Å². The Morgan fingerprint density at radius 1 is 1.04 bits per heavy atom. The molecule has 0 saturated carbocycles. The van der Waals surface area contributed by atoms with Gasteiger partial charge in [0.15, 0.2) is 0 Å². The topological polar surface area (TPSA) is 37.7 Å². The number of aryl methyl sites for hydroxylation is 1. The number of aromatic nitrogens is 1. The van der Waals surface area contributed by atoms with Crippen LogP contribution in [0.25, 0.3) is 10.9 Å². The smallest absolute Gasteiger partial charge is 0.227 e. The number of hydrogen-bond acceptors (Lipinski definition) is 3. The summed E-state index contributed by atoms with van der Waals surface area (Å²) < 4.78 is 7.41. The minimum Gasteiger partial charge on any atom is -0.497 e. The highest BCUT2D eigenvalue weighted by Crippen LogP contribution is 2.24. The lowest BCUT2D eigenvalue weighted by atomic mass is 10.1. The maximum absolute atomic E-state index is 12.8. The van der Waals surface area contributed by atoms with E-state index in [9.17, 15) is 4.79 Å². The third-order valence-corrected chi connectivity index (χ3v) is 5.37. The van der Waals surface area contributed by atoms with Gasteiger partial charge in [-0.25, -0.2) is 0 Å². The maximum Gasteiger partial charge on any atom is 0.227 e. The van der Waals surface area contributed by atoms with Crippen molar-refractivity contribution in [3.63, 3.8) is 0 Å². The fourth-order valence-corrected chi connectivity index (χ4v) is 3.86. The van der Waals surface area contributed by atoms with E-state index in [2.05, 4.69) is 33.9 Å². The minimum absolute atomic E-state index is 0.205. The molecule has 1 aliphatic heterocycles. The molecule has 2 aromatic carbocycles. The first-order valence-corrected chi connectivity index (χ1v) is 9.35. The number of anilines is 1. The molecule has 5 heteroatoms. The van der Waals surface area contributed by atoms with E-state index in [0.29, 0.717) is 6.42 Å². The summed E-state index contributed by atoms with van der Waals surface area (Å²) in [4.78, 5) is 17.1. The summed E-state index contributed by atoms with van der Waals surface area (Å²) >= 11 is 0. The van der Waals surface area contributed by atoms with Crippen LogP contribution in [0.3, 0.4) is 0 Å². The molecule has 0 bridgehead atoms. The number of fused-ring (bicyclic) bond motifs is 1. The number of rotatable bonds is 4. The van der Waals surface area contributed by atoms with Crippen molar-refractivity contribution in [1.82, 2.24) is 9.47 Å². The van der Waals surface area contributed by atoms with Crippen molar-refractivity contribution >= 4 is 22.5 Å². The third-order valence-electron chi connectivity index (χ3n) is 5.37. The zero-order valence-corrected chi connectivity index (χ0v) is 15.9. The SMILES string of the molecule is COc1cccc(N2CCN(C(=O)Cc3cn(C)c4ccccc34)CC2)c1. The lowest BCUT2D eigenvalue weighted by Crippen LogP contribution is -2.49. The van der Waals surface area contributed by atoms with Crippen molar-refractivity contribution in [2.75, 3.05) is 38.2 Å². The normalized spacial score (nSPS) is 14.6. The summed E-state index contributed by atoms with van der Waals surface area (Å²) in [6.07, 6.45) is 2.54. The van der Waals surface area contributed by atoms with Gasteiger partial charge in [-0.2, -0.15) is 0 Å². The van der Waals surface area contributed by atoms with Crippen LogP contribution in [-0.2, 0) is 18.3 Å². The molecule has 0 N–H and O–H groups in total. The standard InChI is InChI=1S/C22H25N3O2/c1-23-16-17(20-8-3-4-9-21(20)23)14-22(26)25-12-10-24(11-13-25)18-6-5-7-19(15-18)27-2/h3-9,15-16H,10-14H2,1-2H3. The Hall–Kier alpha value is -2.95. The molecule has 0 radical (unpaired) electrons. The molecule has 27 heavy (non-hydrogen) atoms. The highest BCUT2D eigenvalue weighted by Gasteiger charge is 2.22. The number of piperazine rings is 1. The number of methoxy groups -OCH3 is 1. The Labute approximate surface area is 159 Å². The molecule has 2 heterocycles. The molecule has 1 aliphatic rings. The number of amides is 1. The van der Waals surface area contributed by atoms with Gasteiger partial charge in [0.2, 0.25) is 5.91 Å². The average Bonchev–Trinajstić information content (AvgIpc) is 3.04. The minimum atomic E-state index is 0.205. The summed E-state index contributed by atoms with van der Waals surface area (Å²) in [6.45, 7) is 3.19. The molecule has 140 valence electrons. The van der Waals surface area contributed by atoms with Gasteiger partial charge in [0.05, 0.1) is 13.5 Å². The second-order valence-electron chi connectivity index (χ2n) is 7.03. The summed E-state index contributed by atoms with van der Waals surface area (Å²) in [5.41, 5.74) is 3.42. The van der Waals surface area contributed by atoms with Gasteiger partial charge in [0.1, 0.15) is 5.75 Å². The van der Waals surface area contributed by atoms with Crippen molar-refractivity contribution in [1.29, 1.82) is 0 Å². The van der Waals surface area contributed by atoms with E-state index in [1.165, 1.54) is 10.9 Å². The van der Waals surface area contributed by atoms with Crippen LogP contribution in [0, 0.1) is 0 Å². The number of ether oxygens (including phenoxy) is 1. The molecule has 0 spiro atoms. The van der Waals surface area contributed by atoms with Gasteiger partial charge in [-0.05, 0) is 23.8 Å². The second kappa shape index (κ2) is 7.35. The van der Waals surface area contributed by atoms with E-state index >= 15 is 0 Å². The first-order chi connectivity index (χ1) is 13.2. The van der Waals surface area contributed by atoms with Crippen LogP contribution >= 0.6 is 0 Å². The van der Waals surface area contributed by atoms with Gasteiger partial charge in [-0.1, -0.05) is 24.3 Å². The van der Waals surface area contributed by atoms with Crippen molar-refractivity contribution in [2.45, 2.75) is 6.42 Å². The van der Waals surface area contributed by atoms with E-state index in [-0.39, 0.29) is 5.91 Å².